The summed E-state index contributed by atoms with van der Waals surface area (Å²) in [4.78, 5) is 15.2. The van der Waals surface area contributed by atoms with Crippen molar-refractivity contribution in [3.63, 3.8) is 0 Å². The molecular formula is C10H14N2O2S. The fourth-order valence-electron chi connectivity index (χ4n) is 1.07. The minimum atomic E-state index is -0.246. The number of carbonyl (C=O) groups is 1. The molecule has 0 spiro atoms. The van der Waals surface area contributed by atoms with Gasteiger partial charge in [-0.2, -0.15) is 0 Å². The molecule has 15 heavy (non-hydrogen) atoms. The van der Waals surface area contributed by atoms with Crippen LogP contribution in [0.5, 0.6) is 0 Å². The third-order valence-corrected chi connectivity index (χ3v) is 2.96. The van der Waals surface area contributed by atoms with Gasteiger partial charge in [-0.15, -0.1) is 0 Å². The Hall–Kier alpha value is -1.07. The summed E-state index contributed by atoms with van der Waals surface area (Å²) in [6, 6.07) is 1.98. The van der Waals surface area contributed by atoms with Gasteiger partial charge in [-0.05, 0) is 18.1 Å². The summed E-state index contributed by atoms with van der Waals surface area (Å²) < 4.78 is 4.55. The number of aromatic nitrogens is 1. The molecule has 0 amide bonds. The zero-order valence-corrected chi connectivity index (χ0v) is 9.63. The summed E-state index contributed by atoms with van der Waals surface area (Å²) in [5, 5.41) is 0.845. The number of pyridine rings is 1. The first-order valence-electron chi connectivity index (χ1n) is 4.52. The Kier molecular flexibility index (Phi) is 4.58. The standard InChI is InChI=1S/C10H14N2O2S/c1-7-3-8(4-11)5-12-10(7)15-6-9(13)14-2/h3,5H,4,6,11H2,1-2H3. The van der Waals surface area contributed by atoms with E-state index in [0.717, 1.165) is 16.2 Å². The highest BCUT2D eigenvalue weighted by Crippen LogP contribution is 2.20. The van der Waals surface area contributed by atoms with Gasteiger partial charge in [-0.1, -0.05) is 17.8 Å². The molecule has 0 saturated heterocycles. The Morgan fingerprint density at radius 2 is 2.40 bits per heavy atom. The molecule has 0 saturated carbocycles. The minimum absolute atomic E-state index is 0.246. The number of esters is 1. The molecule has 82 valence electrons. The SMILES string of the molecule is COC(=O)CSc1ncc(CN)cc1C. The van der Waals surface area contributed by atoms with Crippen LogP contribution in [-0.4, -0.2) is 23.8 Å². The van der Waals surface area contributed by atoms with Gasteiger partial charge in [0.1, 0.15) is 0 Å². The third-order valence-electron chi connectivity index (χ3n) is 1.88. The maximum Gasteiger partial charge on any atom is 0.316 e. The maximum absolute atomic E-state index is 10.9. The normalized spacial score (nSPS) is 10.1. The summed E-state index contributed by atoms with van der Waals surface area (Å²) in [7, 11) is 1.38. The number of thioether (sulfide) groups is 1. The van der Waals surface area contributed by atoms with E-state index < -0.39 is 0 Å². The van der Waals surface area contributed by atoms with Crippen molar-refractivity contribution in [3.8, 4) is 0 Å². The fourth-order valence-corrected chi connectivity index (χ4v) is 1.86. The van der Waals surface area contributed by atoms with E-state index >= 15 is 0 Å². The van der Waals surface area contributed by atoms with Crippen molar-refractivity contribution in [1.29, 1.82) is 0 Å². The molecule has 0 atom stereocenters. The lowest BCUT2D eigenvalue weighted by Crippen LogP contribution is -2.04. The van der Waals surface area contributed by atoms with Gasteiger partial charge in [0.15, 0.2) is 0 Å². The van der Waals surface area contributed by atoms with Crippen LogP contribution in [0.1, 0.15) is 11.1 Å². The zero-order chi connectivity index (χ0) is 11.3. The van der Waals surface area contributed by atoms with Gasteiger partial charge in [-0.25, -0.2) is 4.98 Å². The first-order valence-corrected chi connectivity index (χ1v) is 5.51. The number of rotatable bonds is 4. The van der Waals surface area contributed by atoms with E-state index in [0.29, 0.717) is 6.54 Å². The smallest absolute Gasteiger partial charge is 0.316 e. The number of carbonyl (C=O) groups excluding carboxylic acids is 1. The molecule has 1 aromatic rings. The van der Waals surface area contributed by atoms with Gasteiger partial charge in [0.2, 0.25) is 0 Å². The van der Waals surface area contributed by atoms with Crippen molar-refractivity contribution in [1.82, 2.24) is 4.98 Å². The second kappa shape index (κ2) is 5.72. The molecule has 5 heteroatoms. The van der Waals surface area contributed by atoms with Gasteiger partial charge < -0.3 is 10.5 Å². The molecule has 0 aromatic carbocycles. The van der Waals surface area contributed by atoms with E-state index in [1.165, 1.54) is 18.9 Å². The molecule has 1 rings (SSSR count). The predicted molar refractivity (Wildman–Crippen MR) is 59.6 cm³/mol. The number of hydrogen-bond acceptors (Lipinski definition) is 5. The second-order valence-electron chi connectivity index (χ2n) is 3.03. The van der Waals surface area contributed by atoms with Crippen LogP contribution in [0, 0.1) is 6.92 Å². The lowest BCUT2D eigenvalue weighted by atomic mass is 10.2. The van der Waals surface area contributed by atoms with Crippen LogP contribution in [0.3, 0.4) is 0 Å². The molecule has 0 aliphatic carbocycles. The van der Waals surface area contributed by atoms with Crippen molar-refractivity contribution in [3.05, 3.63) is 23.4 Å². The molecule has 0 radical (unpaired) electrons. The molecule has 0 aliphatic heterocycles. The summed E-state index contributed by atoms with van der Waals surface area (Å²) in [5.74, 6) is 0.0378. The average Bonchev–Trinajstić information content (AvgIpc) is 2.26. The van der Waals surface area contributed by atoms with Crippen LogP contribution in [-0.2, 0) is 16.1 Å². The summed E-state index contributed by atoms with van der Waals surface area (Å²) in [5.41, 5.74) is 7.52. The Labute approximate surface area is 93.2 Å². The number of aryl methyl sites for hydroxylation is 1. The Morgan fingerprint density at radius 3 is 2.93 bits per heavy atom. The lowest BCUT2D eigenvalue weighted by molar-refractivity contribution is -0.137. The van der Waals surface area contributed by atoms with Crippen LogP contribution >= 0.6 is 11.8 Å². The minimum Gasteiger partial charge on any atom is -0.468 e. The number of methoxy groups -OCH3 is 1. The van der Waals surface area contributed by atoms with Crippen LogP contribution in [0.15, 0.2) is 17.3 Å². The van der Waals surface area contributed by atoms with Gasteiger partial charge in [0.05, 0.1) is 17.9 Å². The topological polar surface area (TPSA) is 65.2 Å². The lowest BCUT2D eigenvalue weighted by Gasteiger charge is -2.05. The Morgan fingerprint density at radius 1 is 1.67 bits per heavy atom. The number of nitrogens with zero attached hydrogens (tertiary/aromatic N) is 1. The Bertz CT molecular complexity index is 355. The van der Waals surface area contributed by atoms with Crippen molar-refractivity contribution < 1.29 is 9.53 Å². The average molecular weight is 226 g/mol. The number of hydrogen-bond donors (Lipinski definition) is 1. The first-order chi connectivity index (χ1) is 7.17. The van der Waals surface area contributed by atoms with E-state index in [2.05, 4.69) is 9.72 Å². The van der Waals surface area contributed by atoms with Gasteiger partial charge in [0, 0.05) is 12.7 Å². The van der Waals surface area contributed by atoms with Gasteiger partial charge in [-0.3, -0.25) is 4.79 Å². The molecule has 0 bridgehead atoms. The highest BCUT2D eigenvalue weighted by molar-refractivity contribution is 7.99. The van der Waals surface area contributed by atoms with Gasteiger partial charge in [0.25, 0.3) is 0 Å². The van der Waals surface area contributed by atoms with E-state index in [1.54, 1.807) is 6.20 Å². The molecule has 4 nitrogen and oxygen atoms in total. The van der Waals surface area contributed by atoms with Crippen molar-refractivity contribution >= 4 is 17.7 Å². The van der Waals surface area contributed by atoms with Crippen LogP contribution in [0.4, 0.5) is 0 Å². The maximum atomic E-state index is 10.9. The summed E-state index contributed by atoms with van der Waals surface area (Å²) in [6.07, 6.45) is 1.73. The van der Waals surface area contributed by atoms with Crippen LogP contribution in [0.25, 0.3) is 0 Å². The zero-order valence-electron chi connectivity index (χ0n) is 8.82. The third kappa shape index (κ3) is 3.53. The van der Waals surface area contributed by atoms with E-state index in [4.69, 9.17) is 5.73 Å². The quantitative estimate of drug-likeness (QED) is 0.615. The predicted octanol–water partition coefficient (Wildman–Crippen LogP) is 1.11. The van der Waals surface area contributed by atoms with E-state index in [1.807, 2.05) is 13.0 Å². The fraction of sp³-hybridized carbons (Fsp3) is 0.400. The molecule has 0 unspecified atom stereocenters. The number of ether oxygens (including phenoxy) is 1. The van der Waals surface area contributed by atoms with Crippen molar-refractivity contribution in [2.45, 2.75) is 18.5 Å². The highest BCUT2D eigenvalue weighted by Gasteiger charge is 2.06. The highest BCUT2D eigenvalue weighted by atomic mass is 32.2. The molecule has 2 N–H and O–H groups in total. The molecule has 1 heterocycles. The second-order valence-corrected chi connectivity index (χ2v) is 4.00. The van der Waals surface area contributed by atoms with Crippen molar-refractivity contribution in [2.24, 2.45) is 5.73 Å². The number of nitrogens with two attached hydrogens (primary N) is 1. The van der Waals surface area contributed by atoms with Crippen LogP contribution in [0.2, 0.25) is 0 Å². The molecule has 0 aliphatic rings. The summed E-state index contributed by atoms with van der Waals surface area (Å²) >= 11 is 1.37. The van der Waals surface area contributed by atoms with E-state index in [9.17, 15) is 4.79 Å². The Balaban J connectivity index is 2.66. The first kappa shape index (κ1) is 12.0. The van der Waals surface area contributed by atoms with E-state index in [-0.39, 0.29) is 11.7 Å². The monoisotopic (exact) mass is 226 g/mol. The van der Waals surface area contributed by atoms with Crippen LogP contribution < -0.4 is 5.73 Å². The summed E-state index contributed by atoms with van der Waals surface area (Å²) in [6.45, 7) is 2.43. The molecule has 0 fully saturated rings. The molecule has 1 aromatic heterocycles. The van der Waals surface area contributed by atoms with Crippen molar-refractivity contribution in [2.75, 3.05) is 12.9 Å². The van der Waals surface area contributed by atoms with Gasteiger partial charge >= 0.3 is 5.97 Å². The largest absolute Gasteiger partial charge is 0.468 e. The molecular weight excluding hydrogens is 212 g/mol.